The van der Waals surface area contributed by atoms with Gasteiger partial charge in [0.15, 0.2) is 5.82 Å². The van der Waals surface area contributed by atoms with E-state index < -0.39 is 11.8 Å². The van der Waals surface area contributed by atoms with E-state index in [4.69, 9.17) is 10.8 Å². The van der Waals surface area contributed by atoms with E-state index >= 15 is 0 Å². The Bertz CT molecular complexity index is 667. The highest BCUT2D eigenvalue weighted by Crippen LogP contribution is 2.26. The van der Waals surface area contributed by atoms with E-state index in [0.29, 0.717) is 17.8 Å². The molecule has 0 saturated heterocycles. The van der Waals surface area contributed by atoms with Crippen LogP contribution in [-0.4, -0.2) is 27.3 Å². The minimum atomic E-state index is -0.980. The van der Waals surface area contributed by atoms with Crippen LogP contribution in [-0.2, 0) is 16.0 Å². The molecular weight excluding hydrogens is 279 g/mol. The van der Waals surface area contributed by atoms with Crippen LogP contribution in [0, 0.1) is 5.82 Å². The van der Waals surface area contributed by atoms with Crippen LogP contribution < -0.4 is 11.1 Å². The molecule has 0 atom stereocenters. The molecule has 1 heterocycles. The van der Waals surface area contributed by atoms with Crippen LogP contribution >= 0.6 is 0 Å². The van der Waals surface area contributed by atoms with Crippen LogP contribution in [0.4, 0.5) is 15.9 Å². The van der Waals surface area contributed by atoms with Gasteiger partial charge in [-0.3, -0.25) is 9.59 Å². The highest BCUT2D eigenvalue weighted by molar-refractivity contribution is 5.78. The molecule has 0 aliphatic carbocycles. The maximum atomic E-state index is 13.0. The molecule has 0 spiro atoms. The quantitative estimate of drug-likeness (QED) is 0.692. The minimum Gasteiger partial charge on any atom is -0.481 e. The van der Waals surface area contributed by atoms with E-state index in [1.165, 1.54) is 28.9 Å². The third-order valence-electron chi connectivity index (χ3n) is 2.86. The number of nitrogens with one attached hydrogen (secondary N) is 1. The van der Waals surface area contributed by atoms with Gasteiger partial charge in [-0.15, -0.1) is 5.10 Å². The Morgan fingerprint density at radius 2 is 2.10 bits per heavy atom. The topological polar surface area (TPSA) is 110 Å². The lowest BCUT2D eigenvalue weighted by Crippen LogP contribution is -2.07. The predicted molar refractivity (Wildman–Crippen MR) is 73.6 cm³/mol. The van der Waals surface area contributed by atoms with Gasteiger partial charge in [-0.25, -0.2) is 9.07 Å². The SMILES string of the molecule is Nc1c(NC=O)nn(-c2ccc(F)cc2)c1CCC(=O)O. The molecule has 110 valence electrons. The number of aliphatic carboxylic acids is 1. The first-order valence-electron chi connectivity index (χ1n) is 6.08. The van der Waals surface area contributed by atoms with Crippen LogP contribution in [0.2, 0.25) is 0 Å². The maximum Gasteiger partial charge on any atom is 0.303 e. The summed E-state index contributed by atoms with van der Waals surface area (Å²) in [6.45, 7) is 0. The predicted octanol–water partition coefficient (Wildman–Crippen LogP) is 1.18. The molecule has 0 fully saturated rings. The van der Waals surface area contributed by atoms with Gasteiger partial charge in [0.05, 0.1) is 23.5 Å². The third-order valence-corrected chi connectivity index (χ3v) is 2.86. The first kappa shape index (κ1) is 14.5. The van der Waals surface area contributed by atoms with E-state index in [2.05, 4.69) is 10.4 Å². The Labute approximate surface area is 119 Å². The van der Waals surface area contributed by atoms with Gasteiger partial charge in [-0.05, 0) is 24.3 Å². The molecule has 2 aromatic rings. The van der Waals surface area contributed by atoms with E-state index in [1.807, 2.05) is 0 Å². The number of nitrogen functional groups attached to an aromatic ring is 1. The Balaban J connectivity index is 2.46. The molecule has 2 rings (SSSR count). The number of anilines is 2. The third kappa shape index (κ3) is 3.16. The molecule has 21 heavy (non-hydrogen) atoms. The highest BCUT2D eigenvalue weighted by Gasteiger charge is 2.17. The molecule has 4 N–H and O–H groups in total. The van der Waals surface area contributed by atoms with Crippen LogP contribution in [0.1, 0.15) is 12.1 Å². The van der Waals surface area contributed by atoms with Crippen molar-refractivity contribution in [2.45, 2.75) is 12.8 Å². The van der Waals surface area contributed by atoms with Crippen molar-refractivity contribution in [2.24, 2.45) is 0 Å². The standard InChI is InChI=1S/C13H13FN4O3/c14-8-1-3-9(4-2-8)18-10(5-6-11(20)21)12(15)13(17-18)16-7-19/h1-4,7H,5-6,15H2,(H,20,21)(H,16,17,19). The lowest BCUT2D eigenvalue weighted by molar-refractivity contribution is -0.137. The maximum absolute atomic E-state index is 13.0. The van der Waals surface area contributed by atoms with E-state index in [1.54, 1.807) is 0 Å². The smallest absolute Gasteiger partial charge is 0.303 e. The summed E-state index contributed by atoms with van der Waals surface area (Å²) in [5, 5.41) is 15.2. The number of rotatable bonds is 6. The molecule has 0 saturated carbocycles. The zero-order chi connectivity index (χ0) is 15.4. The van der Waals surface area contributed by atoms with Crippen LogP contribution in [0.15, 0.2) is 24.3 Å². The number of hydrogen-bond acceptors (Lipinski definition) is 4. The highest BCUT2D eigenvalue weighted by atomic mass is 19.1. The number of nitrogens with two attached hydrogens (primary N) is 1. The lowest BCUT2D eigenvalue weighted by Gasteiger charge is -2.07. The first-order valence-corrected chi connectivity index (χ1v) is 6.08. The summed E-state index contributed by atoms with van der Waals surface area (Å²) in [5.41, 5.74) is 7.01. The van der Waals surface area contributed by atoms with Crippen molar-refractivity contribution < 1.29 is 19.1 Å². The molecule has 1 aromatic heterocycles. The molecule has 0 aliphatic rings. The van der Waals surface area contributed by atoms with Crippen molar-refractivity contribution in [3.05, 3.63) is 35.8 Å². The van der Waals surface area contributed by atoms with Gasteiger partial charge in [0, 0.05) is 6.42 Å². The van der Waals surface area contributed by atoms with Crippen molar-refractivity contribution in [2.75, 3.05) is 11.1 Å². The average Bonchev–Trinajstić information content (AvgIpc) is 2.75. The fraction of sp³-hybridized carbons (Fsp3) is 0.154. The summed E-state index contributed by atoms with van der Waals surface area (Å²) in [5.74, 6) is -1.25. The van der Waals surface area contributed by atoms with Gasteiger partial charge >= 0.3 is 5.97 Å². The molecule has 0 radical (unpaired) electrons. The fourth-order valence-corrected chi connectivity index (χ4v) is 1.89. The van der Waals surface area contributed by atoms with E-state index in [9.17, 15) is 14.0 Å². The summed E-state index contributed by atoms with van der Waals surface area (Å²) in [6.07, 6.45) is 0.415. The van der Waals surface area contributed by atoms with E-state index in [0.717, 1.165) is 0 Å². The molecule has 0 bridgehead atoms. The molecular formula is C13H13FN4O3. The fourth-order valence-electron chi connectivity index (χ4n) is 1.89. The van der Waals surface area contributed by atoms with Crippen molar-refractivity contribution >= 4 is 23.9 Å². The number of carbonyl (C=O) groups is 2. The van der Waals surface area contributed by atoms with Gasteiger partial charge in [0.2, 0.25) is 6.41 Å². The molecule has 1 aromatic carbocycles. The Kier molecular flexibility index (Phi) is 4.17. The zero-order valence-electron chi connectivity index (χ0n) is 10.9. The number of carbonyl (C=O) groups excluding carboxylic acids is 1. The molecule has 8 heteroatoms. The number of hydrogen-bond donors (Lipinski definition) is 3. The number of benzene rings is 1. The monoisotopic (exact) mass is 292 g/mol. The van der Waals surface area contributed by atoms with Crippen molar-refractivity contribution in [3.8, 4) is 5.69 Å². The summed E-state index contributed by atoms with van der Waals surface area (Å²) in [4.78, 5) is 21.3. The molecule has 0 unspecified atom stereocenters. The second kappa shape index (κ2) is 6.04. The zero-order valence-corrected chi connectivity index (χ0v) is 10.9. The molecule has 7 nitrogen and oxygen atoms in total. The summed E-state index contributed by atoms with van der Waals surface area (Å²) in [7, 11) is 0. The van der Waals surface area contributed by atoms with E-state index in [-0.39, 0.29) is 24.3 Å². The van der Waals surface area contributed by atoms with Crippen LogP contribution in [0.3, 0.4) is 0 Å². The number of halogens is 1. The number of nitrogens with zero attached hydrogens (tertiary/aromatic N) is 2. The van der Waals surface area contributed by atoms with Crippen LogP contribution in [0.25, 0.3) is 5.69 Å². The Morgan fingerprint density at radius 3 is 2.67 bits per heavy atom. The second-order valence-corrected chi connectivity index (χ2v) is 4.25. The number of carboxylic acid groups (broad SMARTS) is 1. The number of carboxylic acids is 1. The Hall–Kier alpha value is -2.90. The lowest BCUT2D eigenvalue weighted by atomic mass is 10.2. The van der Waals surface area contributed by atoms with Crippen molar-refractivity contribution in [3.63, 3.8) is 0 Å². The second-order valence-electron chi connectivity index (χ2n) is 4.25. The normalized spacial score (nSPS) is 10.3. The first-order chi connectivity index (χ1) is 10.0. The van der Waals surface area contributed by atoms with Gasteiger partial charge in [0.25, 0.3) is 0 Å². The number of aromatic nitrogens is 2. The number of amides is 1. The van der Waals surface area contributed by atoms with Gasteiger partial charge in [0.1, 0.15) is 5.82 Å². The van der Waals surface area contributed by atoms with Crippen LogP contribution in [0.5, 0.6) is 0 Å². The average molecular weight is 292 g/mol. The molecule has 0 aliphatic heterocycles. The Morgan fingerprint density at radius 1 is 1.43 bits per heavy atom. The van der Waals surface area contributed by atoms with Gasteiger partial charge < -0.3 is 16.2 Å². The molecule has 1 amide bonds. The van der Waals surface area contributed by atoms with Gasteiger partial charge in [-0.1, -0.05) is 0 Å². The largest absolute Gasteiger partial charge is 0.481 e. The summed E-state index contributed by atoms with van der Waals surface area (Å²) < 4.78 is 14.4. The minimum absolute atomic E-state index is 0.131. The van der Waals surface area contributed by atoms with Crippen molar-refractivity contribution in [1.82, 2.24) is 9.78 Å². The van der Waals surface area contributed by atoms with Gasteiger partial charge in [-0.2, -0.15) is 0 Å². The summed E-state index contributed by atoms with van der Waals surface area (Å²) >= 11 is 0. The summed E-state index contributed by atoms with van der Waals surface area (Å²) in [6, 6.07) is 5.47. The van der Waals surface area contributed by atoms with Crippen molar-refractivity contribution in [1.29, 1.82) is 0 Å².